The highest BCUT2D eigenvalue weighted by Gasteiger charge is 2.20. The molecule has 82 valence electrons. The van der Waals surface area contributed by atoms with Gasteiger partial charge in [-0.2, -0.15) is 0 Å². The smallest absolute Gasteiger partial charge is 0.311 e. The summed E-state index contributed by atoms with van der Waals surface area (Å²) in [7, 11) is 0. The van der Waals surface area contributed by atoms with Crippen LogP contribution in [0, 0.1) is 13.8 Å². The third-order valence-electron chi connectivity index (χ3n) is 2.64. The fourth-order valence-electron chi connectivity index (χ4n) is 1.83. The van der Waals surface area contributed by atoms with Gasteiger partial charge in [0, 0.05) is 5.69 Å². The number of aliphatic carboxylic acids is 1. The Morgan fingerprint density at radius 3 is 2.53 bits per heavy atom. The Labute approximate surface area is 89.9 Å². The standard InChI is InChI=1S/C12H17NO2/c1-4-9(12(14)15)10-6-7(2)5-8(3)11(10)13/h5-6,9H,4,13H2,1-3H3,(H,14,15). The van der Waals surface area contributed by atoms with Crippen molar-refractivity contribution in [3.05, 3.63) is 28.8 Å². The topological polar surface area (TPSA) is 63.3 Å². The second kappa shape index (κ2) is 4.34. The van der Waals surface area contributed by atoms with Gasteiger partial charge >= 0.3 is 5.97 Å². The van der Waals surface area contributed by atoms with Crippen LogP contribution in [-0.4, -0.2) is 11.1 Å². The molecule has 0 bridgehead atoms. The Hall–Kier alpha value is -1.51. The molecule has 1 aromatic rings. The van der Waals surface area contributed by atoms with Gasteiger partial charge in [0.2, 0.25) is 0 Å². The van der Waals surface area contributed by atoms with E-state index in [1.165, 1.54) is 0 Å². The SMILES string of the molecule is CCC(C(=O)O)c1cc(C)cc(C)c1N. The lowest BCUT2D eigenvalue weighted by atomic mass is 9.91. The summed E-state index contributed by atoms with van der Waals surface area (Å²) in [5, 5.41) is 9.08. The second-order valence-electron chi connectivity index (χ2n) is 3.88. The molecule has 1 aromatic carbocycles. The fraction of sp³-hybridized carbons (Fsp3) is 0.417. The number of hydrogen-bond acceptors (Lipinski definition) is 2. The van der Waals surface area contributed by atoms with E-state index in [0.717, 1.165) is 16.7 Å². The van der Waals surface area contributed by atoms with E-state index >= 15 is 0 Å². The third kappa shape index (κ3) is 2.29. The molecule has 1 unspecified atom stereocenters. The monoisotopic (exact) mass is 207 g/mol. The Balaban J connectivity index is 3.28. The molecule has 15 heavy (non-hydrogen) atoms. The van der Waals surface area contributed by atoms with E-state index in [2.05, 4.69) is 0 Å². The van der Waals surface area contributed by atoms with E-state index < -0.39 is 11.9 Å². The van der Waals surface area contributed by atoms with Gasteiger partial charge in [-0.3, -0.25) is 4.79 Å². The van der Waals surface area contributed by atoms with Crippen molar-refractivity contribution in [2.45, 2.75) is 33.1 Å². The lowest BCUT2D eigenvalue weighted by Crippen LogP contribution is -2.13. The minimum absolute atomic E-state index is 0.497. The van der Waals surface area contributed by atoms with Crippen LogP contribution in [0.5, 0.6) is 0 Å². The van der Waals surface area contributed by atoms with Crippen molar-refractivity contribution in [1.29, 1.82) is 0 Å². The van der Waals surface area contributed by atoms with Crippen molar-refractivity contribution in [3.63, 3.8) is 0 Å². The molecule has 0 aromatic heterocycles. The average Bonchev–Trinajstić information content (AvgIpc) is 2.13. The maximum absolute atomic E-state index is 11.1. The normalized spacial score (nSPS) is 12.5. The molecular formula is C12H17NO2. The zero-order valence-corrected chi connectivity index (χ0v) is 9.37. The molecule has 1 atom stereocenters. The van der Waals surface area contributed by atoms with Crippen LogP contribution in [0.3, 0.4) is 0 Å². The Morgan fingerprint density at radius 2 is 2.07 bits per heavy atom. The Bertz CT molecular complexity index is 385. The number of rotatable bonds is 3. The van der Waals surface area contributed by atoms with Gasteiger partial charge in [0.15, 0.2) is 0 Å². The molecule has 0 aliphatic heterocycles. The molecule has 3 heteroatoms. The molecule has 0 saturated heterocycles. The van der Waals surface area contributed by atoms with Crippen molar-refractivity contribution in [2.24, 2.45) is 0 Å². The van der Waals surface area contributed by atoms with Gasteiger partial charge in [-0.1, -0.05) is 24.6 Å². The van der Waals surface area contributed by atoms with Crippen LogP contribution >= 0.6 is 0 Å². The molecule has 0 amide bonds. The van der Waals surface area contributed by atoms with Crippen LogP contribution in [0.1, 0.15) is 36.0 Å². The van der Waals surface area contributed by atoms with Crippen LogP contribution in [0.25, 0.3) is 0 Å². The number of benzene rings is 1. The minimum atomic E-state index is -0.811. The number of carboxylic acids is 1. The molecular weight excluding hydrogens is 190 g/mol. The largest absolute Gasteiger partial charge is 0.481 e. The lowest BCUT2D eigenvalue weighted by Gasteiger charge is -2.15. The molecule has 0 aliphatic carbocycles. The minimum Gasteiger partial charge on any atom is -0.481 e. The van der Waals surface area contributed by atoms with Crippen molar-refractivity contribution in [3.8, 4) is 0 Å². The van der Waals surface area contributed by atoms with Crippen LogP contribution in [0.15, 0.2) is 12.1 Å². The summed E-state index contributed by atoms with van der Waals surface area (Å²) in [5.41, 5.74) is 9.25. The first kappa shape index (κ1) is 11.6. The van der Waals surface area contributed by atoms with Crippen molar-refractivity contribution >= 4 is 11.7 Å². The summed E-state index contributed by atoms with van der Waals surface area (Å²) in [5.74, 6) is -1.31. The van der Waals surface area contributed by atoms with Crippen molar-refractivity contribution in [1.82, 2.24) is 0 Å². The summed E-state index contributed by atoms with van der Waals surface area (Å²) in [6, 6.07) is 3.83. The summed E-state index contributed by atoms with van der Waals surface area (Å²) in [4.78, 5) is 11.1. The van der Waals surface area contributed by atoms with Gasteiger partial charge in [0.05, 0.1) is 5.92 Å². The maximum atomic E-state index is 11.1. The molecule has 0 heterocycles. The maximum Gasteiger partial charge on any atom is 0.311 e. The zero-order chi connectivity index (χ0) is 11.6. The highest BCUT2D eigenvalue weighted by Crippen LogP contribution is 2.29. The Kier molecular flexibility index (Phi) is 3.35. The van der Waals surface area contributed by atoms with Gasteiger partial charge in [-0.05, 0) is 31.4 Å². The van der Waals surface area contributed by atoms with Gasteiger partial charge in [0.1, 0.15) is 0 Å². The number of carboxylic acid groups (broad SMARTS) is 1. The van der Waals surface area contributed by atoms with E-state index in [0.29, 0.717) is 12.1 Å². The highest BCUT2D eigenvalue weighted by molar-refractivity contribution is 5.79. The van der Waals surface area contributed by atoms with Crippen LogP contribution in [0.4, 0.5) is 5.69 Å². The molecule has 0 fully saturated rings. The molecule has 0 spiro atoms. The molecule has 3 N–H and O–H groups in total. The second-order valence-corrected chi connectivity index (χ2v) is 3.88. The molecule has 1 rings (SSSR count). The van der Waals surface area contributed by atoms with Crippen molar-refractivity contribution < 1.29 is 9.90 Å². The van der Waals surface area contributed by atoms with Crippen LogP contribution in [0.2, 0.25) is 0 Å². The highest BCUT2D eigenvalue weighted by atomic mass is 16.4. The van der Waals surface area contributed by atoms with E-state index in [-0.39, 0.29) is 0 Å². The Morgan fingerprint density at radius 1 is 1.47 bits per heavy atom. The van der Waals surface area contributed by atoms with E-state index in [1.807, 2.05) is 32.9 Å². The predicted molar refractivity (Wildman–Crippen MR) is 61.0 cm³/mol. The number of nitrogen functional groups attached to an aromatic ring is 1. The summed E-state index contributed by atoms with van der Waals surface area (Å²) in [6.07, 6.45) is 0.558. The quantitative estimate of drug-likeness (QED) is 0.748. The van der Waals surface area contributed by atoms with Gasteiger partial charge < -0.3 is 10.8 Å². The molecule has 0 saturated carbocycles. The number of carbonyl (C=O) groups is 1. The number of aryl methyl sites for hydroxylation is 2. The van der Waals surface area contributed by atoms with Gasteiger partial charge in [0.25, 0.3) is 0 Å². The number of nitrogens with two attached hydrogens (primary N) is 1. The van der Waals surface area contributed by atoms with Crippen LogP contribution in [-0.2, 0) is 4.79 Å². The molecule has 0 aliphatic rings. The summed E-state index contributed by atoms with van der Waals surface area (Å²) >= 11 is 0. The van der Waals surface area contributed by atoms with E-state index in [4.69, 9.17) is 10.8 Å². The van der Waals surface area contributed by atoms with E-state index in [1.54, 1.807) is 0 Å². The predicted octanol–water partition coefficient (Wildman–Crippen LogP) is 2.46. The first-order valence-corrected chi connectivity index (χ1v) is 5.06. The number of hydrogen-bond donors (Lipinski definition) is 2. The average molecular weight is 207 g/mol. The number of anilines is 1. The zero-order valence-electron chi connectivity index (χ0n) is 9.37. The van der Waals surface area contributed by atoms with Gasteiger partial charge in [-0.15, -0.1) is 0 Å². The molecule has 0 radical (unpaired) electrons. The third-order valence-corrected chi connectivity index (χ3v) is 2.64. The summed E-state index contributed by atoms with van der Waals surface area (Å²) in [6.45, 7) is 5.71. The van der Waals surface area contributed by atoms with Crippen LogP contribution < -0.4 is 5.73 Å². The van der Waals surface area contributed by atoms with Gasteiger partial charge in [-0.25, -0.2) is 0 Å². The summed E-state index contributed by atoms with van der Waals surface area (Å²) < 4.78 is 0. The fourth-order valence-corrected chi connectivity index (χ4v) is 1.83. The van der Waals surface area contributed by atoms with E-state index in [9.17, 15) is 4.79 Å². The first-order chi connectivity index (χ1) is 6.97. The lowest BCUT2D eigenvalue weighted by molar-refractivity contribution is -0.138. The molecule has 3 nitrogen and oxygen atoms in total. The van der Waals surface area contributed by atoms with Crippen molar-refractivity contribution in [2.75, 3.05) is 5.73 Å². The first-order valence-electron chi connectivity index (χ1n) is 5.06.